The summed E-state index contributed by atoms with van der Waals surface area (Å²) in [7, 11) is -4.84. The van der Waals surface area contributed by atoms with Crippen LogP contribution in [0.2, 0.25) is 0 Å². The maximum Gasteiger partial charge on any atom is 0.325 e. The first-order valence-corrected chi connectivity index (χ1v) is 18.3. The van der Waals surface area contributed by atoms with E-state index in [2.05, 4.69) is 38.1 Å². The molecule has 0 bridgehead atoms. The number of hydrogen-bond acceptors (Lipinski definition) is 5. The van der Waals surface area contributed by atoms with Crippen molar-refractivity contribution in [3.8, 4) is 5.75 Å². The van der Waals surface area contributed by atoms with Gasteiger partial charge in [0.05, 0.1) is 6.42 Å². The van der Waals surface area contributed by atoms with E-state index in [0.29, 0.717) is 3.35 Å². The van der Waals surface area contributed by atoms with Crippen LogP contribution in [0.5, 0.6) is 5.75 Å². The number of hydrogen-bond donors (Lipinski definition) is 3. The Morgan fingerprint density at radius 1 is 0.780 bits per heavy atom. The minimum absolute atomic E-state index is 0.446. The predicted molar refractivity (Wildman–Crippen MR) is 165 cm³/mol. The Kier molecular flexibility index (Phi) is 24.7. The minimum atomic E-state index is -4.84. The molecule has 2 atom stereocenters. The van der Waals surface area contributed by atoms with Crippen LogP contribution in [0.1, 0.15) is 135 Å². The number of unbranched alkanes of at least 4 members (excludes halogenated alkanes) is 15. The SMILES string of the molecule is CCCCCCCCCCCCCCCCCCc1ccccc1O[CH]([Na])CC.O=C(O)CC(C(=O)O)S(=O)(=O)O. The van der Waals surface area contributed by atoms with E-state index in [0.717, 1.165) is 40.1 Å². The van der Waals surface area contributed by atoms with Gasteiger partial charge in [0.2, 0.25) is 0 Å². The van der Waals surface area contributed by atoms with Crippen LogP contribution in [0, 0.1) is 0 Å². The van der Waals surface area contributed by atoms with Crippen LogP contribution in [0.15, 0.2) is 24.3 Å². The summed E-state index contributed by atoms with van der Waals surface area (Å²) in [4.78, 5) is 20.0. The molecule has 0 spiro atoms. The first-order valence-electron chi connectivity index (χ1n) is 15.7. The monoisotopic (exact) mass is 608 g/mol. The summed E-state index contributed by atoms with van der Waals surface area (Å²) < 4.78 is 35.2. The van der Waals surface area contributed by atoms with Crippen LogP contribution in [-0.4, -0.2) is 71.7 Å². The summed E-state index contributed by atoms with van der Waals surface area (Å²) >= 11 is 1.11. The van der Waals surface area contributed by atoms with Crippen molar-refractivity contribution in [1.29, 1.82) is 0 Å². The molecule has 0 aliphatic carbocycles. The number of carboxylic acids is 2. The molecule has 10 heteroatoms. The Morgan fingerprint density at radius 3 is 1.59 bits per heavy atom. The van der Waals surface area contributed by atoms with Crippen molar-refractivity contribution >= 4 is 50.0 Å². The number of ether oxygens (including phenoxy) is 1. The maximum absolute atomic E-state index is 10.2. The van der Waals surface area contributed by atoms with Crippen LogP contribution < -0.4 is 4.74 Å². The first-order chi connectivity index (χ1) is 19.5. The van der Waals surface area contributed by atoms with Crippen LogP contribution in [0.3, 0.4) is 0 Å². The van der Waals surface area contributed by atoms with Crippen LogP contribution >= 0.6 is 0 Å². The third-order valence-electron chi connectivity index (χ3n) is 7.17. The zero-order chi connectivity index (χ0) is 30.9. The van der Waals surface area contributed by atoms with E-state index in [9.17, 15) is 18.0 Å². The van der Waals surface area contributed by atoms with E-state index in [1.807, 2.05) is 0 Å². The van der Waals surface area contributed by atoms with Gasteiger partial charge in [0, 0.05) is 0 Å². The number of rotatable bonds is 24. The minimum Gasteiger partial charge on any atom is -0.481 e. The van der Waals surface area contributed by atoms with E-state index >= 15 is 0 Å². The molecule has 0 saturated heterocycles. The fraction of sp³-hybridized carbons (Fsp3) is 0.742. The number of aliphatic carboxylic acids is 2. The molecular weight excluding hydrogens is 555 g/mol. The molecule has 0 aromatic heterocycles. The molecule has 0 fully saturated rings. The van der Waals surface area contributed by atoms with Crippen molar-refractivity contribution in [3.63, 3.8) is 0 Å². The summed E-state index contributed by atoms with van der Waals surface area (Å²) in [5.41, 5.74) is 1.41. The van der Waals surface area contributed by atoms with Crippen molar-refractivity contribution < 1.29 is 37.5 Å². The van der Waals surface area contributed by atoms with E-state index < -0.39 is 33.7 Å². The average molecular weight is 609 g/mol. The summed E-state index contributed by atoms with van der Waals surface area (Å²) in [6, 6.07) is 8.67. The van der Waals surface area contributed by atoms with Gasteiger partial charge in [-0.3, -0.25) is 14.1 Å². The van der Waals surface area contributed by atoms with Crippen molar-refractivity contribution in [2.45, 2.75) is 144 Å². The Balaban J connectivity index is 0.00000112. The Morgan fingerprint density at radius 2 is 1.22 bits per heavy atom. The van der Waals surface area contributed by atoms with E-state index in [-0.39, 0.29) is 0 Å². The Bertz CT molecular complexity index is 922. The number of carboxylic acid groups (broad SMARTS) is 2. The molecular formula is C31H53NaO8S. The normalized spacial score (nSPS) is 12.7. The predicted octanol–water partition coefficient (Wildman–Crippen LogP) is 7.58. The number of para-hydroxylation sites is 1. The van der Waals surface area contributed by atoms with Crippen molar-refractivity contribution in [3.05, 3.63) is 29.8 Å². The average Bonchev–Trinajstić information content (AvgIpc) is 2.91. The van der Waals surface area contributed by atoms with Crippen molar-refractivity contribution in [1.82, 2.24) is 0 Å². The van der Waals surface area contributed by atoms with Gasteiger partial charge in [-0.05, 0) is 0 Å². The largest absolute Gasteiger partial charge is 0.481 e. The molecule has 1 rings (SSSR count). The molecule has 0 aliphatic heterocycles. The van der Waals surface area contributed by atoms with Gasteiger partial charge in [0.15, 0.2) is 5.25 Å². The molecule has 0 aliphatic rings. The molecule has 8 nitrogen and oxygen atoms in total. The van der Waals surface area contributed by atoms with E-state index in [4.69, 9.17) is 19.5 Å². The summed E-state index contributed by atoms with van der Waals surface area (Å²) in [5, 5.41) is 13.9. The summed E-state index contributed by atoms with van der Waals surface area (Å²) in [6.45, 7) is 4.52. The molecule has 1 aromatic rings. The van der Waals surface area contributed by atoms with E-state index in [1.54, 1.807) is 0 Å². The number of carbonyl (C=O) groups is 2. The molecule has 0 amide bonds. The van der Waals surface area contributed by atoms with Gasteiger partial charge in [0.25, 0.3) is 10.1 Å². The summed E-state index contributed by atoms with van der Waals surface area (Å²) in [5.74, 6) is -2.37. The first kappa shape index (κ1) is 39.9. The number of benzene rings is 1. The molecule has 0 saturated carbocycles. The second-order valence-corrected chi connectivity index (χ2v) is 13.8. The van der Waals surface area contributed by atoms with Crippen molar-refractivity contribution in [2.24, 2.45) is 0 Å². The van der Waals surface area contributed by atoms with Crippen LogP contribution in [-0.2, 0) is 26.1 Å². The molecule has 2 unspecified atom stereocenters. The van der Waals surface area contributed by atoms with Gasteiger partial charge < -0.3 is 10.2 Å². The second-order valence-electron chi connectivity index (χ2n) is 10.9. The Hall–Kier alpha value is -1.13. The van der Waals surface area contributed by atoms with Gasteiger partial charge in [-0.2, -0.15) is 8.42 Å². The van der Waals surface area contributed by atoms with Crippen LogP contribution in [0.25, 0.3) is 0 Å². The third kappa shape index (κ3) is 23.1. The molecule has 3 N–H and O–H groups in total. The smallest absolute Gasteiger partial charge is 0.325 e. The molecule has 232 valence electrons. The summed E-state index contributed by atoms with van der Waals surface area (Å²) in [6.07, 6.45) is 24.0. The fourth-order valence-corrected chi connectivity index (χ4v) is 5.33. The number of aryl methyl sites for hydroxylation is 1. The molecule has 0 radical (unpaired) electrons. The van der Waals surface area contributed by atoms with Gasteiger partial charge in [-0.25, -0.2) is 0 Å². The standard InChI is InChI=1S/C27H47O.C4H6O7S.Na/c1-3-5-6-7-8-9-10-11-12-13-14-15-16-17-18-19-22-26-23-20-21-24-27(26)28-25-4-2;5-3(6)1-2(4(7)8)12(9,10)11;/h20-21,23-25H,3-19,22H2,1-2H3;2H,1H2,(H,5,6)(H,7,8)(H,9,10,11);. The third-order valence-corrected chi connectivity index (χ3v) is 9.31. The molecule has 0 heterocycles. The van der Waals surface area contributed by atoms with Gasteiger partial charge in [-0.1, -0.05) is 64.7 Å². The zero-order valence-corrected chi connectivity index (χ0v) is 28.5. The molecule has 1 aromatic carbocycles. The van der Waals surface area contributed by atoms with Crippen molar-refractivity contribution in [2.75, 3.05) is 0 Å². The zero-order valence-electron chi connectivity index (χ0n) is 25.7. The van der Waals surface area contributed by atoms with Crippen LogP contribution in [0.4, 0.5) is 0 Å². The maximum atomic E-state index is 10.2. The second kappa shape index (κ2) is 25.4. The quantitative estimate of drug-likeness (QED) is 0.0620. The topological polar surface area (TPSA) is 138 Å². The van der Waals surface area contributed by atoms with E-state index in [1.165, 1.54) is 115 Å². The fourth-order valence-electron chi connectivity index (χ4n) is 4.47. The Labute approximate surface area is 266 Å². The van der Waals surface area contributed by atoms with Gasteiger partial charge in [0.1, 0.15) is 0 Å². The molecule has 41 heavy (non-hydrogen) atoms. The van der Waals surface area contributed by atoms with Gasteiger partial charge >= 0.3 is 148 Å². The van der Waals surface area contributed by atoms with Gasteiger partial charge in [-0.15, -0.1) is 0 Å².